The van der Waals surface area contributed by atoms with Gasteiger partial charge in [0, 0.05) is 37.9 Å². The highest BCUT2D eigenvalue weighted by atomic mass is 16.2. The van der Waals surface area contributed by atoms with Crippen LogP contribution in [0.15, 0.2) is 42.9 Å². The van der Waals surface area contributed by atoms with E-state index < -0.39 is 0 Å². The molecule has 7 nitrogen and oxygen atoms in total. The van der Waals surface area contributed by atoms with Crippen molar-refractivity contribution in [2.75, 3.05) is 26.2 Å². The summed E-state index contributed by atoms with van der Waals surface area (Å²) in [6.07, 6.45) is 3.35. The Hall–Kier alpha value is -3.09. The van der Waals surface area contributed by atoms with Gasteiger partial charge in [-0.25, -0.2) is 4.98 Å². The number of amides is 2. The number of carbonyl (C=O) groups is 2. The van der Waals surface area contributed by atoms with Crippen LogP contribution in [-0.4, -0.2) is 62.7 Å². The summed E-state index contributed by atoms with van der Waals surface area (Å²) in [7, 11) is 0. The predicted molar refractivity (Wildman–Crippen MR) is 88.7 cm³/mol. The number of benzene rings is 1. The fourth-order valence-corrected chi connectivity index (χ4v) is 3.00. The van der Waals surface area contributed by atoms with Gasteiger partial charge < -0.3 is 19.8 Å². The van der Waals surface area contributed by atoms with Gasteiger partial charge in [0.15, 0.2) is 0 Å². The number of rotatable bonds is 2. The maximum atomic E-state index is 12.7. The molecular weight excluding hydrogens is 306 g/mol. The van der Waals surface area contributed by atoms with E-state index in [0.29, 0.717) is 37.4 Å². The standard InChI is InChI=1S/C17H17N5O2/c23-16(12-3-4-13-15(10-12)20-11-19-13)21-6-8-22(9-7-21)17(24)14-2-1-5-18-14/h1-5,10-11,18H,6-9H2,(H,19,20). The molecule has 2 aromatic heterocycles. The highest BCUT2D eigenvalue weighted by Crippen LogP contribution is 2.15. The number of nitrogens with one attached hydrogen (secondary N) is 2. The Bertz CT molecular complexity index is 875. The van der Waals surface area contributed by atoms with Crippen LogP contribution in [0.1, 0.15) is 20.8 Å². The van der Waals surface area contributed by atoms with Crippen LogP contribution in [0.3, 0.4) is 0 Å². The summed E-state index contributed by atoms with van der Waals surface area (Å²) >= 11 is 0. The van der Waals surface area contributed by atoms with E-state index >= 15 is 0 Å². The van der Waals surface area contributed by atoms with Gasteiger partial charge in [-0.3, -0.25) is 9.59 Å². The van der Waals surface area contributed by atoms with Crippen molar-refractivity contribution in [3.05, 3.63) is 54.1 Å². The predicted octanol–water partition coefficient (Wildman–Crippen LogP) is 1.49. The summed E-state index contributed by atoms with van der Waals surface area (Å²) in [5.41, 5.74) is 2.91. The zero-order chi connectivity index (χ0) is 16.5. The minimum Gasteiger partial charge on any atom is -0.357 e. The van der Waals surface area contributed by atoms with Gasteiger partial charge in [0.25, 0.3) is 11.8 Å². The molecule has 0 unspecified atom stereocenters. The lowest BCUT2D eigenvalue weighted by molar-refractivity contribution is 0.0533. The molecule has 3 heterocycles. The molecule has 0 atom stereocenters. The van der Waals surface area contributed by atoms with Gasteiger partial charge >= 0.3 is 0 Å². The summed E-state index contributed by atoms with van der Waals surface area (Å²) < 4.78 is 0. The number of carbonyl (C=O) groups excluding carboxylic acids is 2. The molecule has 4 rings (SSSR count). The first kappa shape index (κ1) is 14.5. The first-order valence-electron chi connectivity index (χ1n) is 7.87. The Morgan fingerprint density at radius 3 is 2.42 bits per heavy atom. The number of H-pyrrole nitrogens is 2. The molecule has 122 valence electrons. The quantitative estimate of drug-likeness (QED) is 0.749. The third kappa shape index (κ3) is 2.54. The Morgan fingerprint density at radius 2 is 1.71 bits per heavy atom. The van der Waals surface area contributed by atoms with Crippen molar-refractivity contribution in [2.24, 2.45) is 0 Å². The fourth-order valence-electron chi connectivity index (χ4n) is 3.00. The van der Waals surface area contributed by atoms with E-state index in [1.165, 1.54) is 0 Å². The van der Waals surface area contributed by atoms with Crippen LogP contribution in [-0.2, 0) is 0 Å². The second-order valence-electron chi connectivity index (χ2n) is 5.80. The fraction of sp³-hybridized carbons (Fsp3) is 0.235. The molecule has 0 aliphatic carbocycles. The smallest absolute Gasteiger partial charge is 0.270 e. The van der Waals surface area contributed by atoms with Crippen LogP contribution in [0.25, 0.3) is 11.0 Å². The van der Waals surface area contributed by atoms with Gasteiger partial charge in [0.1, 0.15) is 5.69 Å². The summed E-state index contributed by atoms with van der Waals surface area (Å²) in [5.74, 6) is -0.0375. The second-order valence-corrected chi connectivity index (χ2v) is 5.80. The van der Waals surface area contributed by atoms with E-state index in [2.05, 4.69) is 15.0 Å². The second kappa shape index (κ2) is 5.84. The van der Waals surface area contributed by atoms with Crippen molar-refractivity contribution in [3.8, 4) is 0 Å². The minimum atomic E-state index is -0.0222. The molecule has 0 saturated carbocycles. The first-order valence-corrected chi connectivity index (χ1v) is 7.87. The topological polar surface area (TPSA) is 85.1 Å². The van der Waals surface area contributed by atoms with E-state index in [9.17, 15) is 9.59 Å². The average molecular weight is 323 g/mol. The van der Waals surface area contributed by atoms with E-state index in [1.54, 1.807) is 40.5 Å². The van der Waals surface area contributed by atoms with Crippen molar-refractivity contribution in [2.45, 2.75) is 0 Å². The molecule has 0 radical (unpaired) electrons. The monoisotopic (exact) mass is 323 g/mol. The Kier molecular flexibility index (Phi) is 3.53. The summed E-state index contributed by atoms with van der Waals surface area (Å²) in [4.78, 5) is 38.6. The number of fused-ring (bicyclic) bond motifs is 1. The van der Waals surface area contributed by atoms with Crippen LogP contribution < -0.4 is 0 Å². The molecule has 2 N–H and O–H groups in total. The Labute approximate surface area is 138 Å². The Balaban J connectivity index is 1.43. The van der Waals surface area contributed by atoms with Crippen molar-refractivity contribution >= 4 is 22.8 Å². The number of imidazole rings is 1. The number of hydrogen-bond acceptors (Lipinski definition) is 3. The highest BCUT2D eigenvalue weighted by Gasteiger charge is 2.26. The van der Waals surface area contributed by atoms with Gasteiger partial charge in [-0.15, -0.1) is 0 Å². The summed E-state index contributed by atoms with van der Waals surface area (Å²) in [6.45, 7) is 2.14. The number of nitrogens with zero attached hydrogens (tertiary/aromatic N) is 3. The molecular formula is C17H17N5O2. The number of piperazine rings is 1. The lowest BCUT2D eigenvalue weighted by Gasteiger charge is -2.34. The highest BCUT2D eigenvalue weighted by molar-refractivity contribution is 5.97. The van der Waals surface area contributed by atoms with Gasteiger partial charge in [-0.1, -0.05) is 0 Å². The molecule has 2 amide bonds. The number of aromatic nitrogens is 3. The molecule has 1 fully saturated rings. The van der Waals surface area contributed by atoms with Gasteiger partial charge in [-0.2, -0.15) is 0 Å². The van der Waals surface area contributed by atoms with E-state index in [-0.39, 0.29) is 11.8 Å². The minimum absolute atomic E-state index is 0.0153. The van der Waals surface area contributed by atoms with Gasteiger partial charge in [0.05, 0.1) is 17.4 Å². The molecule has 1 aliphatic heterocycles. The van der Waals surface area contributed by atoms with Crippen LogP contribution in [0.5, 0.6) is 0 Å². The zero-order valence-corrected chi connectivity index (χ0v) is 13.0. The van der Waals surface area contributed by atoms with Crippen molar-refractivity contribution in [1.29, 1.82) is 0 Å². The van der Waals surface area contributed by atoms with Crippen LogP contribution in [0.2, 0.25) is 0 Å². The van der Waals surface area contributed by atoms with Crippen LogP contribution in [0, 0.1) is 0 Å². The molecule has 0 bridgehead atoms. The third-order valence-corrected chi connectivity index (χ3v) is 4.35. The lowest BCUT2D eigenvalue weighted by Crippen LogP contribution is -2.50. The van der Waals surface area contributed by atoms with E-state index in [1.807, 2.05) is 12.1 Å². The molecule has 24 heavy (non-hydrogen) atoms. The summed E-state index contributed by atoms with van der Waals surface area (Å²) in [6, 6.07) is 9.02. The molecule has 1 aliphatic rings. The average Bonchev–Trinajstić information content (AvgIpc) is 3.31. The molecule has 1 saturated heterocycles. The maximum Gasteiger partial charge on any atom is 0.270 e. The molecule has 7 heteroatoms. The molecule has 1 aromatic carbocycles. The SMILES string of the molecule is O=C(c1ccc2nc[nH]c2c1)N1CCN(C(=O)c2ccc[nH]2)CC1. The number of aromatic amines is 2. The van der Waals surface area contributed by atoms with Gasteiger partial charge in [0.2, 0.25) is 0 Å². The Morgan fingerprint density at radius 1 is 0.958 bits per heavy atom. The van der Waals surface area contributed by atoms with E-state index in [0.717, 1.165) is 11.0 Å². The molecule has 0 spiro atoms. The summed E-state index contributed by atoms with van der Waals surface area (Å²) in [5, 5.41) is 0. The van der Waals surface area contributed by atoms with E-state index in [4.69, 9.17) is 0 Å². The lowest BCUT2D eigenvalue weighted by atomic mass is 10.1. The number of hydrogen-bond donors (Lipinski definition) is 2. The van der Waals surface area contributed by atoms with Crippen molar-refractivity contribution < 1.29 is 9.59 Å². The largest absolute Gasteiger partial charge is 0.357 e. The molecule has 3 aromatic rings. The maximum absolute atomic E-state index is 12.7. The van der Waals surface area contributed by atoms with Crippen molar-refractivity contribution in [3.63, 3.8) is 0 Å². The van der Waals surface area contributed by atoms with Crippen LogP contribution >= 0.6 is 0 Å². The zero-order valence-electron chi connectivity index (χ0n) is 13.0. The third-order valence-electron chi connectivity index (χ3n) is 4.35. The van der Waals surface area contributed by atoms with Gasteiger partial charge in [-0.05, 0) is 30.3 Å². The van der Waals surface area contributed by atoms with Crippen LogP contribution in [0.4, 0.5) is 0 Å². The first-order chi connectivity index (χ1) is 11.7. The normalized spacial score (nSPS) is 15.0. The van der Waals surface area contributed by atoms with Crippen molar-refractivity contribution in [1.82, 2.24) is 24.8 Å².